The number of hydrogen-bond donors (Lipinski definition) is 0. The predicted octanol–water partition coefficient (Wildman–Crippen LogP) is 2.55. The number of hydrogen-bond acceptors (Lipinski definition) is 5. The van der Waals surface area contributed by atoms with Crippen molar-refractivity contribution >= 4 is 17.5 Å². The molecule has 6 heteroatoms. The van der Waals surface area contributed by atoms with Gasteiger partial charge in [-0.1, -0.05) is 19.8 Å². The summed E-state index contributed by atoms with van der Waals surface area (Å²) in [7, 11) is 1.94. The lowest BCUT2D eigenvalue weighted by Crippen LogP contribution is -2.21. The van der Waals surface area contributed by atoms with Crippen LogP contribution in [0.15, 0.2) is 0 Å². The number of rotatable bonds is 7. The highest BCUT2D eigenvalue weighted by atomic mass is 35.5. The van der Waals surface area contributed by atoms with Crippen LogP contribution in [0.3, 0.4) is 0 Å². The van der Waals surface area contributed by atoms with E-state index in [1.54, 1.807) is 0 Å². The van der Waals surface area contributed by atoms with Crippen molar-refractivity contribution in [3.8, 4) is 6.01 Å². The van der Waals surface area contributed by atoms with Gasteiger partial charge in [0.15, 0.2) is 0 Å². The van der Waals surface area contributed by atoms with Gasteiger partial charge in [0.25, 0.3) is 0 Å². The fourth-order valence-electron chi connectivity index (χ4n) is 1.39. The zero-order valence-electron chi connectivity index (χ0n) is 10.6. The molecule has 0 N–H and O–H groups in total. The summed E-state index contributed by atoms with van der Waals surface area (Å²) < 4.78 is 5.23. The lowest BCUT2D eigenvalue weighted by molar-refractivity contribution is 0.311. The van der Waals surface area contributed by atoms with E-state index in [1.165, 1.54) is 12.8 Å². The van der Waals surface area contributed by atoms with Crippen LogP contribution in [0.1, 0.15) is 33.1 Å². The van der Waals surface area contributed by atoms with E-state index < -0.39 is 0 Å². The Balaban J connectivity index is 2.67. The van der Waals surface area contributed by atoms with Gasteiger partial charge in [-0.2, -0.15) is 15.0 Å². The third-order valence-corrected chi connectivity index (χ3v) is 2.46. The molecule has 5 nitrogen and oxygen atoms in total. The van der Waals surface area contributed by atoms with Gasteiger partial charge in [-0.25, -0.2) is 0 Å². The van der Waals surface area contributed by atoms with Gasteiger partial charge in [0.05, 0.1) is 6.61 Å². The number of aromatic nitrogens is 3. The molecule has 0 saturated heterocycles. The minimum Gasteiger partial charge on any atom is -0.464 e. The van der Waals surface area contributed by atoms with Gasteiger partial charge >= 0.3 is 6.01 Å². The molecule has 0 aliphatic carbocycles. The molecule has 0 aromatic carbocycles. The summed E-state index contributed by atoms with van der Waals surface area (Å²) in [5.74, 6) is 0.560. The fraction of sp³-hybridized carbons (Fsp3) is 0.727. The molecule has 0 saturated carbocycles. The van der Waals surface area contributed by atoms with Crippen molar-refractivity contribution in [3.63, 3.8) is 0 Å². The molecule has 1 rings (SSSR count). The van der Waals surface area contributed by atoms with Crippen LogP contribution < -0.4 is 9.64 Å². The van der Waals surface area contributed by atoms with E-state index in [0.29, 0.717) is 12.6 Å². The Morgan fingerprint density at radius 2 is 1.94 bits per heavy atom. The maximum atomic E-state index is 5.82. The second-order valence-electron chi connectivity index (χ2n) is 3.75. The molecule has 1 aromatic heterocycles. The van der Waals surface area contributed by atoms with Crippen LogP contribution in [0, 0.1) is 0 Å². The number of anilines is 1. The highest BCUT2D eigenvalue weighted by Gasteiger charge is 2.09. The Labute approximate surface area is 107 Å². The Kier molecular flexibility index (Phi) is 5.97. The molecule has 0 fully saturated rings. The Hall–Kier alpha value is -1.10. The first-order valence-corrected chi connectivity index (χ1v) is 6.30. The molecule has 0 amide bonds. The summed E-state index contributed by atoms with van der Waals surface area (Å²) >= 11 is 5.82. The summed E-state index contributed by atoms with van der Waals surface area (Å²) in [5.41, 5.74) is 0. The predicted molar refractivity (Wildman–Crippen MR) is 68.8 cm³/mol. The number of nitrogens with zero attached hydrogens (tertiary/aromatic N) is 4. The lowest BCUT2D eigenvalue weighted by atomic mass is 10.2. The second kappa shape index (κ2) is 7.27. The smallest absolute Gasteiger partial charge is 0.322 e. The van der Waals surface area contributed by atoms with Crippen LogP contribution in [0.2, 0.25) is 5.28 Å². The topological polar surface area (TPSA) is 51.1 Å². The maximum Gasteiger partial charge on any atom is 0.322 e. The normalized spacial score (nSPS) is 10.4. The minimum atomic E-state index is 0.167. The standard InChI is InChI=1S/C11H19ClN4O/c1-4-6-7-8-16(3)10-13-9(12)14-11(15-10)17-5-2/h4-8H2,1-3H3. The summed E-state index contributed by atoms with van der Waals surface area (Å²) in [6, 6.07) is 0.282. The van der Waals surface area contributed by atoms with E-state index in [0.717, 1.165) is 13.0 Å². The average Bonchev–Trinajstić information content (AvgIpc) is 2.29. The highest BCUT2D eigenvalue weighted by molar-refractivity contribution is 6.28. The highest BCUT2D eigenvalue weighted by Crippen LogP contribution is 2.14. The molecule has 0 bridgehead atoms. The van der Waals surface area contributed by atoms with Crippen LogP contribution in [0.5, 0.6) is 6.01 Å². The van der Waals surface area contributed by atoms with Crippen molar-refractivity contribution < 1.29 is 4.74 Å². The van der Waals surface area contributed by atoms with Crippen molar-refractivity contribution in [3.05, 3.63) is 5.28 Å². The van der Waals surface area contributed by atoms with E-state index in [-0.39, 0.29) is 11.3 Å². The van der Waals surface area contributed by atoms with Crippen molar-refractivity contribution in [1.29, 1.82) is 0 Å². The molecule has 17 heavy (non-hydrogen) atoms. The first-order chi connectivity index (χ1) is 8.17. The van der Waals surface area contributed by atoms with Crippen LogP contribution in [-0.4, -0.2) is 35.2 Å². The zero-order valence-corrected chi connectivity index (χ0v) is 11.4. The van der Waals surface area contributed by atoms with Crippen molar-refractivity contribution in [2.24, 2.45) is 0 Å². The lowest BCUT2D eigenvalue weighted by Gasteiger charge is -2.16. The SMILES string of the molecule is CCCCCN(C)c1nc(Cl)nc(OCC)n1. The molecule has 0 radical (unpaired) electrons. The maximum absolute atomic E-state index is 5.82. The Bertz CT molecular complexity index is 348. The fourth-order valence-corrected chi connectivity index (χ4v) is 1.53. The quantitative estimate of drug-likeness (QED) is 0.704. The van der Waals surface area contributed by atoms with Crippen LogP contribution in [0.4, 0.5) is 5.95 Å². The van der Waals surface area contributed by atoms with Gasteiger partial charge in [-0.05, 0) is 24.9 Å². The number of unbranched alkanes of at least 4 members (excludes halogenated alkanes) is 2. The zero-order chi connectivity index (χ0) is 12.7. The number of ether oxygens (including phenoxy) is 1. The van der Waals surface area contributed by atoms with E-state index in [1.807, 2.05) is 18.9 Å². The Morgan fingerprint density at radius 1 is 1.18 bits per heavy atom. The monoisotopic (exact) mass is 258 g/mol. The van der Waals surface area contributed by atoms with E-state index >= 15 is 0 Å². The summed E-state index contributed by atoms with van der Waals surface area (Å²) in [4.78, 5) is 14.1. The van der Waals surface area contributed by atoms with Crippen LogP contribution in [-0.2, 0) is 0 Å². The largest absolute Gasteiger partial charge is 0.464 e. The third kappa shape index (κ3) is 4.73. The van der Waals surface area contributed by atoms with E-state index in [4.69, 9.17) is 16.3 Å². The molecule has 0 spiro atoms. The molecular formula is C11H19ClN4O. The van der Waals surface area contributed by atoms with Gasteiger partial charge in [0.2, 0.25) is 11.2 Å². The molecule has 96 valence electrons. The van der Waals surface area contributed by atoms with E-state index in [9.17, 15) is 0 Å². The van der Waals surface area contributed by atoms with Crippen molar-refractivity contribution in [2.45, 2.75) is 33.1 Å². The van der Waals surface area contributed by atoms with Gasteiger partial charge in [0, 0.05) is 13.6 Å². The summed E-state index contributed by atoms with van der Waals surface area (Å²) in [6.45, 7) is 5.47. The molecule has 1 aromatic rings. The van der Waals surface area contributed by atoms with Gasteiger partial charge < -0.3 is 9.64 Å². The minimum absolute atomic E-state index is 0.167. The second-order valence-corrected chi connectivity index (χ2v) is 4.09. The summed E-state index contributed by atoms with van der Waals surface area (Å²) in [5, 5.41) is 0.167. The van der Waals surface area contributed by atoms with Gasteiger partial charge in [-0.15, -0.1) is 0 Å². The molecule has 0 atom stereocenters. The molecular weight excluding hydrogens is 240 g/mol. The first-order valence-electron chi connectivity index (χ1n) is 5.92. The third-order valence-electron chi connectivity index (χ3n) is 2.29. The molecule has 1 heterocycles. The van der Waals surface area contributed by atoms with E-state index in [2.05, 4.69) is 21.9 Å². The first kappa shape index (κ1) is 14.0. The van der Waals surface area contributed by atoms with Crippen molar-refractivity contribution in [1.82, 2.24) is 15.0 Å². The summed E-state index contributed by atoms with van der Waals surface area (Å²) in [6.07, 6.45) is 3.50. The van der Waals surface area contributed by atoms with Gasteiger partial charge in [0.1, 0.15) is 0 Å². The van der Waals surface area contributed by atoms with Crippen LogP contribution in [0.25, 0.3) is 0 Å². The molecule has 0 aliphatic heterocycles. The van der Waals surface area contributed by atoms with Crippen LogP contribution >= 0.6 is 11.6 Å². The molecule has 0 aliphatic rings. The molecule has 0 unspecified atom stereocenters. The average molecular weight is 259 g/mol. The number of halogens is 1. The van der Waals surface area contributed by atoms with Crippen molar-refractivity contribution in [2.75, 3.05) is 25.1 Å². The van der Waals surface area contributed by atoms with Gasteiger partial charge in [-0.3, -0.25) is 0 Å². The Morgan fingerprint density at radius 3 is 2.59 bits per heavy atom.